The lowest BCUT2D eigenvalue weighted by Gasteiger charge is -1.94. The molecule has 2 aromatic rings. The van der Waals surface area contributed by atoms with Crippen LogP contribution < -0.4 is 5.56 Å². The quantitative estimate of drug-likeness (QED) is 0.767. The SMILES string of the molecule is CCn1[nH]c2cc(SC)ccc2c1=O. The van der Waals surface area contributed by atoms with Gasteiger partial charge in [-0.2, -0.15) is 0 Å². The lowest BCUT2D eigenvalue weighted by Crippen LogP contribution is -2.14. The summed E-state index contributed by atoms with van der Waals surface area (Å²) in [5, 5.41) is 3.85. The van der Waals surface area contributed by atoms with Crippen LogP contribution in [-0.2, 0) is 6.54 Å². The first-order valence-corrected chi connectivity index (χ1v) is 5.75. The van der Waals surface area contributed by atoms with Crippen molar-refractivity contribution < 1.29 is 0 Å². The van der Waals surface area contributed by atoms with E-state index in [2.05, 4.69) is 5.10 Å². The minimum absolute atomic E-state index is 0.0650. The van der Waals surface area contributed by atoms with E-state index in [0.717, 1.165) is 10.9 Å². The second-order valence-electron chi connectivity index (χ2n) is 3.07. The van der Waals surface area contributed by atoms with Crippen molar-refractivity contribution in [2.45, 2.75) is 18.4 Å². The monoisotopic (exact) mass is 208 g/mol. The molecule has 1 N–H and O–H groups in total. The first kappa shape index (κ1) is 9.40. The molecule has 2 rings (SSSR count). The zero-order valence-corrected chi connectivity index (χ0v) is 9.02. The molecule has 0 unspecified atom stereocenters. The van der Waals surface area contributed by atoms with Crippen molar-refractivity contribution in [1.29, 1.82) is 0 Å². The topological polar surface area (TPSA) is 37.8 Å². The molecule has 0 atom stereocenters. The van der Waals surface area contributed by atoms with Gasteiger partial charge in [0.1, 0.15) is 0 Å². The molecule has 0 saturated heterocycles. The number of aromatic amines is 1. The molecule has 1 aromatic heterocycles. The minimum atomic E-state index is 0.0650. The summed E-state index contributed by atoms with van der Waals surface area (Å²) in [5.74, 6) is 0. The Kier molecular flexibility index (Phi) is 2.37. The highest BCUT2D eigenvalue weighted by atomic mass is 32.2. The normalized spacial score (nSPS) is 11.0. The third kappa shape index (κ3) is 1.35. The fourth-order valence-electron chi connectivity index (χ4n) is 1.49. The fraction of sp³-hybridized carbons (Fsp3) is 0.300. The summed E-state index contributed by atoms with van der Waals surface area (Å²) in [6.07, 6.45) is 2.02. The van der Waals surface area contributed by atoms with E-state index < -0.39 is 0 Å². The molecule has 1 aromatic carbocycles. The lowest BCUT2D eigenvalue weighted by atomic mass is 10.2. The van der Waals surface area contributed by atoms with Crippen LogP contribution in [0.2, 0.25) is 0 Å². The summed E-state index contributed by atoms with van der Waals surface area (Å²) >= 11 is 1.68. The summed E-state index contributed by atoms with van der Waals surface area (Å²) in [5.41, 5.74) is 0.985. The van der Waals surface area contributed by atoms with Crippen molar-refractivity contribution in [1.82, 2.24) is 9.78 Å². The van der Waals surface area contributed by atoms with Gasteiger partial charge >= 0.3 is 0 Å². The van der Waals surface area contributed by atoms with E-state index in [1.54, 1.807) is 16.4 Å². The molecule has 0 fully saturated rings. The van der Waals surface area contributed by atoms with E-state index >= 15 is 0 Å². The Hall–Kier alpha value is -1.16. The third-order valence-corrected chi connectivity index (χ3v) is 3.00. The number of nitrogens with one attached hydrogen (secondary N) is 1. The van der Waals surface area contributed by atoms with E-state index in [1.165, 1.54) is 4.90 Å². The molecule has 74 valence electrons. The van der Waals surface area contributed by atoms with Crippen molar-refractivity contribution in [3.8, 4) is 0 Å². The number of H-pyrrole nitrogens is 1. The maximum atomic E-state index is 11.7. The summed E-state index contributed by atoms with van der Waals surface area (Å²) in [7, 11) is 0. The van der Waals surface area contributed by atoms with E-state index in [-0.39, 0.29) is 5.56 Å². The Morgan fingerprint density at radius 3 is 2.93 bits per heavy atom. The molecule has 0 radical (unpaired) electrons. The largest absolute Gasteiger partial charge is 0.295 e. The molecule has 4 heteroatoms. The van der Waals surface area contributed by atoms with Gasteiger partial charge in [0.15, 0.2) is 0 Å². The predicted octanol–water partition coefficient (Wildman–Crippen LogP) is 2.07. The molecule has 0 amide bonds. The van der Waals surface area contributed by atoms with Crippen molar-refractivity contribution in [2.75, 3.05) is 6.26 Å². The van der Waals surface area contributed by atoms with Crippen LogP contribution in [0.3, 0.4) is 0 Å². The number of benzene rings is 1. The van der Waals surface area contributed by atoms with E-state index in [1.807, 2.05) is 31.4 Å². The number of thioether (sulfide) groups is 1. The molecule has 0 saturated carbocycles. The smallest absolute Gasteiger partial charge is 0.274 e. The Morgan fingerprint density at radius 2 is 2.29 bits per heavy atom. The fourth-order valence-corrected chi connectivity index (χ4v) is 1.93. The van der Waals surface area contributed by atoms with Gasteiger partial charge in [0, 0.05) is 11.4 Å². The van der Waals surface area contributed by atoms with Crippen molar-refractivity contribution >= 4 is 22.7 Å². The minimum Gasteiger partial charge on any atom is -0.295 e. The summed E-state index contributed by atoms with van der Waals surface area (Å²) in [4.78, 5) is 12.9. The maximum absolute atomic E-state index is 11.7. The Labute approximate surface area is 86.1 Å². The highest BCUT2D eigenvalue weighted by molar-refractivity contribution is 7.98. The van der Waals surface area contributed by atoms with Gasteiger partial charge in [-0.15, -0.1) is 11.8 Å². The molecule has 14 heavy (non-hydrogen) atoms. The Balaban J connectivity index is 2.73. The number of fused-ring (bicyclic) bond motifs is 1. The Bertz CT molecular complexity index is 512. The Morgan fingerprint density at radius 1 is 1.50 bits per heavy atom. The molecular formula is C10H12N2OS. The first-order valence-electron chi connectivity index (χ1n) is 4.53. The number of rotatable bonds is 2. The average molecular weight is 208 g/mol. The number of aromatic nitrogens is 2. The van der Waals surface area contributed by atoms with Crippen molar-refractivity contribution in [3.05, 3.63) is 28.6 Å². The van der Waals surface area contributed by atoms with Gasteiger partial charge in [0.05, 0.1) is 10.9 Å². The zero-order chi connectivity index (χ0) is 10.1. The highest BCUT2D eigenvalue weighted by Gasteiger charge is 2.04. The molecular weight excluding hydrogens is 196 g/mol. The average Bonchev–Trinajstić information content (AvgIpc) is 2.55. The van der Waals surface area contributed by atoms with Crippen LogP contribution in [0.5, 0.6) is 0 Å². The molecule has 0 aliphatic heterocycles. The van der Waals surface area contributed by atoms with Crippen LogP contribution in [-0.4, -0.2) is 16.0 Å². The number of hydrogen-bond donors (Lipinski definition) is 1. The van der Waals surface area contributed by atoms with Gasteiger partial charge in [-0.05, 0) is 31.4 Å². The van der Waals surface area contributed by atoms with E-state index in [0.29, 0.717) is 6.54 Å². The number of hydrogen-bond acceptors (Lipinski definition) is 2. The van der Waals surface area contributed by atoms with Crippen LogP contribution in [0.25, 0.3) is 10.9 Å². The summed E-state index contributed by atoms with van der Waals surface area (Å²) < 4.78 is 1.62. The number of aryl methyl sites for hydroxylation is 1. The summed E-state index contributed by atoms with van der Waals surface area (Å²) in [6, 6.07) is 5.86. The van der Waals surface area contributed by atoms with Gasteiger partial charge in [-0.1, -0.05) is 0 Å². The van der Waals surface area contributed by atoms with Crippen molar-refractivity contribution in [3.63, 3.8) is 0 Å². The van der Waals surface area contributed by atoms with Crippen LogP contribution in [0.1, 0.15) is 6.92 Å². The molecule has 0 aliphatic carbocycles. The number of nitrogens with zero attached hydrogens (tertiary/aromatic N) is 1. The maximum Gasteiger partial charge on any atom is 0.274 e. The zero-order valence-electron chi connectivity index (χ0n) is 8.20. The third-order valence-electron chi connectivity index (χ3n) is 2.27. The van der Waals surface area contributed by atoms with Crippen LogP contribution >= 0.6 is 11.8 Å². The summed E-state index contributed by atoms with van der Waals surface area (Å²) in [6.45, 7) is 2.63. The van der Waals surface area contributed by atoms with Crippen molar-refractivity contribution in [2.24, 2.45) is 0 Å². The van der Waals surface area contributed by atoms with Gasteiger partial charge in [-0.25, -0.2) is 0 Å². The van der Waals surface area contributed by atoms with Gasteiger partial charge in [0.2, 0.25) is 0 Å². The second kappa shape index (κ2) is 3.53. The van der Waals surface area contributed by atoms with Gasteiger partial charge in [0.25, 0.3) is 5.56 Å². The highest BCUT2D eigenvalue weighted by Crippen LogP contribution is 2.18. The van der Waals surface area contributed by atoms with Gasteiger partial charge < -0.3 is 0 Å². The molecule has 0 spiro atoms. The predicted molar refractivity (Wildman–Crippen MR) is 60.0 cm³/mol. The molecule has 3 nitrogen and oxygen atoms in total. The molecule has 0 bridgehead atoms. The first-order chi connectivity index (χ1) is 6.76. The van der Waals surface area contributed by atoms with Crippen LogP contribution in [0.4, 0.5) is 0 Å². The second-order valence-corrected chi connectivity index (χ2v) is 3.95. The van der Waals surface area contributed by atoms with E-state index in [9.17, 15) is 4.79 Å². The van der Waals surface area contributed by atoms with E-state index in [4.69, 9.17) is 0 Å². The van der Waals surface area contributed by atoms with Gasteiger partial charge in [-0.3, -0.25) is 14.6 Å². The molecule has 0 aliphatic rings. The molecule has 1 heterocycles. The standard InChI is InChI=1S/C10H12N2OS/c1-3-12-10(13)8-5-4-7(14-2)6-9(8)11-12/h4-6,11H,3H2,1-2H3. The van der Waals surface area contributed by atoms with Crippen LogP contribution in [0.15, 0.2) is 27.9 Å². The lowest BCUT2D eigenvalue weighted by molar-refractivity contribution is 0.646. The van der Waals surface area contributed by atoms with Crippen LogP contribution in [0, 0.1) is 0 Å².